The summed E-state index contributed by atoms with van der Waals surface area (Å²) in [5.41, 5.74) is 0.496. The highest BCUT2D eigenvalue weighted by Crippen LogP contribution is 2.23. The van der Waals surface area contributed by atoms with Crippen LogP contribution in [0.25, 0.3) is 0 Å². The van der Waals surface area contributed by atoms with Crippen LogP contribution in [0.15, 0.2) is 42.6 Å². The molecule has 2 aromatic carbocycles. The molecule has 0 spiro atoms. The van der Waals surface area contributed by atoms with Crippen molar-refractivity contribution >= 4 is 29.1 Å². The van der Waals surface area contributed by atoms with Crippen LogP contribution in [-0.2, 0) is 4.74 Å². The van der Waals surface area contributed by atoms with Crippen LogP contribution in [-0.4, -0.2) is 28.3 Å². The summed E-state index contributed by atoms with van der Waals surface area (Å²) in [6, 6.07) is 8.21. The molecule has 0 amide bonds. The van der Waals surface area contributed by atoms with Gasteiger partial charge >= 0.3 is 5.97 Å². The van der Waals surface area contributed by atoms with Crippen molar-refractivity contribution in [3.8, 4) is 0 Å². The minimum atomic E-state index is -1.61. The van der Waals surface area contributed by atoms with Gasteiger partial charge in [-0.3, -0.25) is 0 Å². The van der Waals surface area contributed by atoms with Crippen molar-refractivity contribution in [1.82, 2.24) is 15.2 Å². The number of aromatic nitrogens is 3. The average Bonchev–Trinajstić information content (AvgIpc) is 2.68. The fraction of sp³-hybridized carbons (Fsp3) is 0.0588. The topological polar surface area (TPSA) is 89.0 Å². The van der Waals surface area contributed by atoms with Crippen molar-refractivity contribution in [3.05, 3.63) is 65.6 Å². The molecule has 0 aliphatic carbocycles. The zero-order chi connectivity index (χ0) is 19.4. The SMILES string of the molecule is COC(=O)c1cccc(Nc2cnnc(Nc3ccc(F)c(F)c3F)n2)c1. The van der Waals surface area contributed by atoms with Crippen LogP contribution in [0.4, 0.5) is 36.3 Å². The Hall–Kier alpha value is -3.69. The molecule has 27 heavy (non-hydrogen) atoms. The van der Waals surface area contributed by atoms with Crippen LogP contribution in [0, 0.1) is 17.5 Å². The van der Waals surface area contributed by atoms with Gasteiger partial charge in [-0.25, -0.2) is 18.0 Å². The van der Waals surface area contributed by atoms with Crippen molar-refractivity contribution < 1.29 is 22.7 Å². The molecule has 0 saturated heterocycles. The van der Waals surface area contributed by atoms with Crippen LogP contribution >= 0.6 is 0 Å². The predicted molar refractivity (Wildman–Crippen MR) is 90.5 cm³/mol. The molecular formula is C17H12F3N5O2. The second kappa shape index (κ2) is 7.68. The van der Waals surface area contributed by atoms with Crippen molar-refractivity contribution in [3.63, 3.8) is 0 Å². The molecule has 0 radical (unpaired) electrons. The van der Waals surface area contributed by atoms with E-state index in [0.29, 0.717) is 11.3 Å². The van der Waals surface area contributed by atoms with E-state index < -0.39 is 23.4 Å². The van der Waals surface area contributed by atoms with E-state index in [2.05, 4.69) is 30.6 Å². The van der Waals surface area contributed by atoms with Gasteiger partial charge in [-0.05, 0) is 30.3 Å². The highest BCUT2D eigenvalue weighted by atomic mass is 19.2. The Morgan fingerprint density at radius 1 is 1.07 bits per heavy atom. The van der Waals surface area contributed by atoms with Gasteiger partial charge in [0.05, 0.1) is 24.6 Å². The molecule has 0 unspecified atom stereocenters. The summed E-state index contributed by atoms with van der Waals surface area (Å²) >= 11 is 0. The Bertz CT molecular complexity index is 1000. The first-order valence-corrected chi connectivity index (χ1v) is 7.53. The van der Waals surface area contributed by atoms with E-state index >= 15 is 0 Å². The third-order valence-corrected chi connectivity index (χ3v) is 3.40. The third-order valence-electron chi connectivity index (χ3n) is 3.40. The number of methoxy groups -OCH3 is 1. The third kappa shape index (κ3) is 4.11. The Morgan fingerprint density at radius 3 is 2.67 bits per heavy atom. The standard InChI is InChI=1S/C17H12F3N5O2/c1-27-16(26)9-3-2-4-10(7-9)22-13-8-21-25-17(24-13)23-12-6-5-11(18)14(19)15(12)20/h2-8H,1H3,(H2,22,23,24,25). The number of nitrogens with one attached hydrogen (secondary N) is 2. The summed E-state index contributed by atoms with van der Waals surface area (Å²) in [6.45, 7) is 0. The van der Waals surface area contributed by atoms with Gasteiger partial charge in [0, 0.05) is 5.69 Å². The zero-order valence-electron chi connectivity index (χ0n) is 13.8. The van der Waals surface area contributed by atoms with Gasteiger partial charge in [0.15, 0.2) is 23.3 Å². The van der Waals surface area contributed by atoms with E-state index in [-0.39, 0.29) is 17.5 Å². The minimum absolute atomic E-state index is 0.144. The normalized spacial score (nSPS) is 10.4. The maximum Gasteiger partial charge on any atom is 0.337 e. The summed E-state index contributed by atoms with van der Waals surface area (Å²) in [5.74, 6) is -4.75. The van der Waals surface area contributed by atoms with Crippen LogP contribution in [0.3, 0.4) is 0 Å². The predicted octanol–water partition coefficient (Wildman–Crippen LogP) is 3.56. The lowest BCUT2D eigenvalue weighted by atomic mass is 10.2. The molecular weight excluding hydrogens is 363 g/mol. The largest absolute Gasteiger partial charge is 0.465 e. The number of halogens is 3. The average molecular weight is 375 g/mol. The quantitative estimate of drug-likeness (QED) is 0.521. The molecule has 0 atom stereocenters. The number of carbonyl (C=O) groups excluding carboxylic acids is 1. The first-order chi connectivity index (χ1) is 13.0. The minimum Gasteiger partial charge on any atom is -0.465 e. The summed E-state index contributed by atoms with van der Waals surface area (Å²) in [5, 5.41) is 12.7. The second-order valence-corrected chi connectivity index (χ2v) is 5.21. The van der Waals surface area contributed by atoms with Crippen LogP contribution in [0.1, 0.15) is 10.4 Å². The van der Waals surface area contributed by atoms with Gasteiger partial charge in [-0.1, -0.05) is 6.07 Å². The molecule has 0 bridgehead atoms. The van der Waals surface area contributed by atoms with Crippen LogP contribution in [0.5, 0.6) is 0 Å². The highest BCUT2D eigenvalue weighted by molar-refractivity contribution is 5.90. The molecule has 0 aliphatic heterocycles. The van der Waals surface area contributed by atoms with Crippen LogP contribution < -0.4 is 10.6 Å². The first kappa shape index (κ1) is 18.1. The number of esters is 1. The number of hydrogen-bond donors (Lipinski definition) is 2. The highest BCUT2D eigenvalue weighted by Gasteiger charge is 2.14. The smallest absolute Gasteiger partial charge is 0.337 e. The van der Waals surface area contributed by atoms with Crippen molar-refractivity contribution in [2.75, 3.05) is 17.7 Å². The van der Waals surface area contributed by atoms with E-state index in [4.69, 9.17) is 0 Å². The maximum atomic E-state index is 13.7. The second-order valence-electron chi connectivity index (χ2n) is 5.21. The van der Waals surface area contributed by atoms with Gasteiger partial charge in [-0.15, -0.1) is 5.10 Å². The van der Waals surface area contributed by atoms with Crippen molar-refractivity contribution in [2.45, 2.75) is 0 Å². The lowest BCUT2D eigenvalue weighted by molar-refractivity contribution is 0.0601. The Labute approximate surface area is 151 Å². The lowest BCUT2D eigenvalue weighted by Gasteiger charge is -2.09. The van der Waals surface area contributed by atoms with E-state index in [0.717, 1.165) is 12.1 Å². The van der Waals surface area contributed by atoms with Gasteiger partial charge < -0.3 is 15.4 Å². The molecule has 138 valence electrons. The molecule has 1 aromatic heterocycles. The Kier molecular flexibility index (Phi) is 5.15. The number of benzene rings is 2. The molecule has 0 aliphatic rings. The molecule has 10 heteroatoms. The lowest BCUT2D eigenvalue weighted by Crippen LogP contribution is -2.05. The number of hydrogen-bond acceptors (Lipinski definition) is 7. The van der Waals surface area contributed by atoms with Crippen LogP contribution in [0.2, 0.25) is 0 Å². The van der Waals surface area contributed by atoms with Gasteiger partial charge in [0.25, 0.3) is 0 Å². The van der Waals surface area contributed by atoms with E-state index in [1.165, 1.54) is 19.4 Å². The number of carbonyl (C=O) groups is 1. The summed E-state index contributed by atoms with van der Waals surface area (Å²) < 4.78 is 44.7. The summed E-state index contributed by atoms with van der Waals surface area (Å²) in [4.78, 5) is 15.6. The van der Waals surface area contributed by atoms with Crippen molar-refractivity contribution in [2.24, 2.45) is 0 Å². The maximum absolute atomic E-state index is 13.7. The zero-order valence-corrected chi connectivity index (χ0v) is 13.8. The summed E-state index contributed by atoms with van der Waals surface area (Å²) in [6.07, 6.45) is 1.29. The molecule has 1 heterocycles. The molecule has 0 saturated carbocycles. The van der Waals surface area contributed by atoms with E-state index in [1.54, 1.807) is 18.2 Å². The number of rotatable bonds is 5. The van der Waals surface area contributed by atoms with Gasteiger partial charge in [0.2, 0.25) is 5.95 Å². The van der Waals surface area contributed by atoms with E-state index in [1.807, 2.05) is 0 Å². The number of nitrogens with zero attached hydrogens (tertiary/aromatic N) is 3. The van der Waals surface area contributed by atoms with Gasteiger partial charge in [0.1, 0.15) is 0 Å². The monoisotopic (exact) mass is 375 g/mol. The summed E-state index contributed by atoms with van der Waals surface area (Å²) in [7, 11) is 1.27. The van der Waals surface area contributed by atoms with E-state index in [9.17, 15) is 18.0 Å². The number of anilines is 4. The molecule has 0 fully saturated rings. The van der Waals surface area contributed by atoms with Crippen molar-refractivity contribution in [1.29, 1.82) is 0 Å². The number of ether oxygens (including phenoxy) is 1. The fourth-order valence-corrected chi connectivity index (χ4v) is 2.15. The molecule has 3 rings (SSSR count). The Balaban J connectivity index is 1.80. The van der Waals surface area contributed by atoms with Gasteiger partial charge in [-0.2, -0.15) is 10.1 Å². The molecule has 2 N–H and O–H groups in total. The fourth-order valence-electron chi connectivity index (χ4n) is 2.15. The molecule has 3 aromatic rings. The first-order valence-electron chi connectivity index (χ1n) is 7.53. The Morgan fingerprint density at radius 2 is 1.89 bits per heavy atom. The molecule has 7 nitrogen and oxygen atoms in total.